The van der Waals surface area contributed by atoms with Crippen LogP contribution in [-0.2, 0) is 13.2 Å². The Bertz CT molecular complexity index is 1800. The number of benzene rings is 1. The molecule has 0 radical (unpaired) electrons. The van der Waals surface area contributed by atoms with Gasteiger partial charge in [0.05, 0.1) is 40.2 Å². The minimum Gasteiger partial charge on any atom is -0.390 e. The first-order valence-corrected chi connectivity index (χ1v) is 15.4. The van der Waals surface area contributed by atoms with Gasteiger partial charge in [0.1, 0.15) is 6.04 Å². The van der Waals surface area contributed by atoms with Gasteiger partial charge in [0.2, 0.25) is 0 Å². The molecule has 4 heterocycles. The molecule has 256 valence electrons. The second-order valence-corrected chi connectivity index (χ2v) is 12.9. The number of β-amino-alcohol motifs (C(OH)–C–C–N with tert-alkyl or cyclic N) is 1. The summed E-state index contributed by atoms with van der Waals surface area (Å²) in [6, 6.07) is 1.94. The molecule has 2 saturated heterocycles. The van der Waals surface area contributed by atoms with E-state index < -0.39 is 53.7 Å². The number of imidazole rings is 1. The molecule has 4 amide bonds. The number of rotatable bonds is 7. The number of aromatic nitrogens is 4. The predicted molar refractivity (Wildman–Crippen MR) is 158 cm³/mol. The monoisotopic (exact) mass is 697 g/mol. The first-order valence-electron chi connectivity index (χ1n) is 15.0. The summed E-state index contributed by atoms with van der Waals surface area (Å²) in [6.07, 6.45) is -4.32. The number of halogens is 6. The zero-order valence-electron chi connectivity index (χ0n) is 25.1. The van der Waals surface area contributed by atoms with E-state index in [0.29, 0.717) is 30.9 Å². The van der Waals surface area contributed by atoms with E-state index >= 15 is 0 Å². The molecular weight excluding hydrogens is 669 g/mol. The number of aliphatic hydroxyl groups excluding tert-OH is 1. The van der Waals surface area contributed by atoms with Crippen LogP contribution >= 0.6 is 11.6 Å². The third-order valence-corrected chi connectivity index (χ3v) is 9.63. The fourth-order valence-electron chi connectivity index (χ4n) is 6.47. The highest BCUT2D eigenvalue weighted by atomic mass is 35.5. The fourth-order valence-corrected chi connectivity index (χ4v) is 6.73. The molecule has 2 saturated carbocycles. The third-order valence-electron chi connectivity index (χ3n) is 9.32. The molecule has 4 fully saturated rings. The number of hydrogen-bond acceptors (Lipinski definition) is 7. The van der Waals surface area contributed by atoms with Gasteiger partial charge in [-0.05, 0) is 18.2 Å². The van der Waals surface area contributed by atoms with Crippen molar-refractivity contribution < 1.29 is 41.4 Å². The largest absolute Gasteiger partial charge is 0.435 e. The molecule has 0 spiro atoms. The number of likely N-dealkylation sites (tertiary alicyclic amines) is 1. The molecule has 1 aromatic carbocycles. The molecule has 3 aromatic rings. The van der Waals surface area contributed by atoms with Gasteiger partial charge >= 0.3 is 12.2 Å². The van der Waals surface area contributed by atoms with Gasteiger partial charge in [0, 0.05) is 69.4 Å². The molecule has 2 unspecified atom stereocenters. The van der Waals surface area contributed by atoms with Gasteiger partial charge in [0.15, 0.2) is 11.5 Å². The van der Waals surface area contributed by atoms with Crippen LogP contribution in [0.3, 0.4) is 0 Å². The van der Waals surface area contributed by atoms with Crippen molar-refractivity contribution in [3.8, 4) is 11.3 Å². The Labute approximate surface area is 273 Å². The third kappa shape index (κ3) is 5.85. The lowest BCUT2D eigenvalue weighted by Gasteiger charge is -2.24. The van der Waals surface area contributed by atoms with Gasteiger partial charge in [-0.3, -0.25) is 14.3 Å². The normalized spacial score (nSPS) is 27.0. The van der Waals surface area contributed by atoms with Gasteiger partial charge in [-0.25, -0.2) is 18.6 Å². The standard InChI is InChI=1S/C29H29ClF5N9O4/c1-42-19(16-11-44(21-5-28(21,31)32)41-23(16)29(33,34)35)7-37-24(42)26(47)38-12-2-3-13(17(30)4-12)25(46)40-22-14-9-43(10-15(14)22)27(48)39-18-6-36-8-20(18)45/h2-4,7,11,14-15,18,20-22,36,45H,5-6,8-10H2,1H3,(H,38,47)(H,39,48)(H,40,46)/t14-,15+,18-,20-,21?,22?/m1/s1. The van der Waals surface area contributed by atoms with Crippen molar-refractivity contribution in [3.63, 3.8) is 0 Å². The molecule has 0 bridgehead atoms. The van der Waals surface area contributed by atoms with E-state index in [4.69, 9.17) is 11.6 Å². The summed E-state index contributed by atoms with van der Waals surface area (Å²) >= 11 is 6.38. The summed E-state index contributed by atoms with van der Waals surface area (Å²) < 4.78 is 70.0. The van der Waals surface area contributed by atoms with Crippen molar-refractivity contribution in [2.24, 2.45) is 18.9 Å². The number of carbonyl (C=O) groups excluding carboxylic acids is 3. The van der Waals surface area contributed by atoms with Gasteiger partial charge in [-0.15, -0.1) is 0 Å². The summed E-state index contributed by atoms with van der Waals surface area (Å²) in [7, 11) is 1.30. The maximum absolute atomic E-state index is 13.7. The first kappa shape index (κ1) is 32.3. The van der Waals surface area contributed by atoms with Crippen LogP contribution in [0.25, 0.3) is 11.3 Å². The maximum Gasteiger partial charge on any atom is 0.435 e. The highest BCUT2D eigenvalue weighted by Crippen LogP contribution is 2.53. The molecule has 6 atom stereocenters. The Balaban J connectivity index is 0.967. The van der Waals surface area contributed by atoms with Gasteiger partial charge in [-0.2, -0.15) is 18.3 Å². The zero-order valence-corrected chi connectivity index (χ0v) is 25.8. The summed E-state index contributed by atoms with van der Waals surface area (Å²) in [5.74, 6) is -4.50. The number of piperidine rings is 1. The summed E-state index contributed by atoms with van der Waals surface area (Å²) in [6.45, 7) is 1.83. The molecule has 7 rings (SSSR count). The number of anilines is 1. The second kappa shape index (κ2) is 11.4. The lowest BCUT2D eigenvalue weighted by atomic mass is 10.2. The van der Waals surface area contributed by atoms with Crippen LogP contribution in [0.15, 0.2) is 30.6 Å². The van der Waals surface area contributed by atoms with Crippen molar-refractivity contribution >= 4 is 35.1 Å². The summed E-state index contributed by atoms with van der Waals surface area (Å²) in [5, 5.41) is 24.6. The lowest BCUT2D eigenvalue weighted by molar-refractivity contribution is -0.141. The fraction of sp³-hybridized carbons (Fsp3) is 0.483. The van der Waals surface area contributed by atoms with E-state index in [1.165, 1.54) is 25.2 Å². The Kier molecular flexibility index (Phi) is 7.67. The number of nitrogens with one attached hydrogen (secondary N) is 4. The molecule has 2 aliphatic carbocycles. The van der Waals surface area contributed by atoms with Gasteiger partial charge in [0.25, 0.3) is 17.7 Å². The van der Waals surface area contributed by atoms with E-state index in [1.54, 1.807) is 4.90 Å². The summed E-state index contributed by atoms with van der Waals surface area (Å²) in [5.41, 5.74) is -1.72. The van der Waals surface area contributed by atoms with Crippen LogP contribution in [0, 0.1) is 11.8 Å². The number of alkyl halides is 5. The Morgan fingerprint density at radius 1 is 1.10 bits per heavy atom. The Hall–Kier alpha value is -4.29. The lowest BCUT2D eigenvalue weighted by Crippen LogP contribution is -2.49. The quantitative estimate of drug-likeness (QED) is 0.238. The maximum atomic E-state index is 13.7. The van der Waals surface area contributed by atoms with Crippen molar-refractivity contribution in [1.82, 2.24) is 40.2 Å². The van der Waals surface area contributed by atoms with Crippen molar-refractivity contribution in [1.29, 1.82) is 0 Å². The molecule has 19 heteroatoms. The van der Waals surface area contributed by atoms with Crippen LogP contribution in [-0.4, -0.2) is 97.5 Å². The minimum atomic E-state index is -4.95. The van der Waals surface area contributed by atoms with E-state index in [0.717, 1.165) is 17.0 Å². The number of fused-ring (bicyclic) bond motifs is 1. The molecule has 4 aliphatic rings. The van der Waals surface area contributed by atoms with Crippen LogP contribution in [0.1, 0.15) is 39.1 Å². The van der Waals surface area contributed by atoms with E-state index in [2.05, 4.69) is 31.3 Å². The number of urea groups is 1. The van der Waals surface area contributed by atoms with Crippen LogP contribution in [0.4, 0.5) is 32.4 Å². The van der Waals surface area contributed by atoms with E-state index in [9.17, 15) is 41.4 Å². The topological polar surface area (TPSA) is 158 Å². The SMILES string of the molecule is Cn1c(-c2cn(C3CC3(F)F)nc2C(F)(F)F)cnc1C(=O)Nc1ccc(C(=O)NC2[C@H]3CN(C(=O)N[C@@H]4CNC[C@H]4O)C[C@@H]23)c(Cl)c1. The number of carbonyl (C=O) groups is 3. The number of amides is 4. The summed E-state index contributed by atoms with van der Waals surface area (Å²) in [4.78, 5) is 44.2. The zero-order chi connectivity index (χ0) is 34.3. The minimum absolute atomic E-state index is 0.0282. The van der Waals surface area contributed by atoms with E-state index in [-0.39, 0.29) is 57.7 Å². The van der Waals surface area contributed by atoms with Gasteiger partial charge < -0.3 is 35.8 Å². The highest BCUT2D eigenvalue weighted by Gasteiger charge is 2.60. The van der Waals surface area contributed by atoms with Crippen molar-refractivity contribution in [2.75, 3.05) is 31.5 Å². The van der Waals surface area contributed by atoms with Crippen LogP contribution in [0.5, 0.6) is 0 Å². The molecular formula is C29H29ClF5N9O4. The molecule has 5 N–H and O–H groups in total. The smallest absolute Gasteiger partial charge is 0.390 e. The van der Waals surface area contributed by atoms with Crippen molar-refractivity contribution in [2.45, 2.75) is 42.7 Å². The van der Waals surface area contributed by atoms with Gasteiger partial charge in [-0.1, -0.05) is 11.6 Å². The Morgan fingerprint density at radius 2 is 1.81 bits per heavy atom. The average Bonchev–Trinajstić information content (AvgIpc) is 3.46. The molecule has 2 aliphatic heterocycles. The second-order valence-electron chi connectivity index (χ2n) is 12.5. The van der Waals surface area contributed by atoms with Crippen LogP contribution < -0.4 is 21.3 Å². The predicted octanol–water partition coefficient (Wildman–Crippen LogP) is 2.49. The molecule has 13 nitrogen and oxygen atoms in total. The Morgan fingerprint density at radius 3 is 2.42 bits per heavy atom. The molecule has 2 aromatic heterocycles. The van der Waals surface area contributed by atoms with Crippen molar-refractivity contribution in [3.05, 3.63) is 52.7 Å². The molecule has 48 heavy (non-hydrogen) atoms. The van der Waals surface area contributed by atoms with E-state index in [1.807, 2.05) is 0 Å². The number of aliphatic hydroxyl groups is 1. The first-order chi connectivity index (χ1) is 22.6. The van der Waals surface area contributed by atoms with Crippen LogP contribution in [0.2, 0.25) is 5.02 Å². The highest BCUT2D eigenvalue weighted by molar-refractivity contribution is 6.34. The number of nitrogens with zero attached hydrogens (tertiary/aromatic N) is 5. The average molecular weight is 698 g/mol. The number of hydrogen-bond donors (Lipinski definition) is 5.